The number of rotatable bonds is 3. The molecule has 0 bridgehead atoms. The number of fused-ring (bicyclic) bond motifs is 1. The lowest BCUT2D eigenvalue weighted by atomic mass is 9.83. The number of carbonyl (C=O) groups is 1. The van der Waals surface area contributed by atoms with Gasteiger partial charge in [0.25, 0.3) is 5.91 Å². The number of benzene rings is 2. The van der Waals surface area contributed by atoms with Crippen LogP contribution in [0.2, 0.25) is 0 Å². The van der Waals surface area contributed by atoms with Crippen LogP contribution in [0.4, 0.5) is 5.69 Å². The Balaban J connectivity index is 0.00000105. The fraction of sp³-hybridized carbons (Fsp3) is 0.519. The van der Waals surface area contributed by atoms with Crippen molar-refractivity contribution in [3.8, 4) is 5.75 Å². The van der Waals surface area contributed by atoms with Crippen molar-refractivity contribution in [3.05, 3.63) is 59.7 Å². The summed E-state index contributed by atoms with van der Waals surface area (Å²) in [6, 6.07) is 16.3. The van der Waals surface area contributed by atoms with Crippen molar-refractivity contribution in [3.63, 3.8) is 0 Å². The molecule has 2 saturated heterocycles. The van der Waals surface area contributed by atoms with Gasteiger partial charge >= 0.3 is 0 Å². The van der Waals surface area contributed by atoms with Gasteiger partial charge < -0.3 is 20.7 Å². The second kappa shape index (κ2) is 12.0. The Bertz CT molecular complexity index is 923. The molecule has 2 aromatic carbocycles. The molecule has 6 nitrogen and oxygen atoms in total. The maximum Gasteiger partial charge on any atom is 0.253 e. The molecule has 186 valence electrons. The monoisotopic (exact) mass is 484 g/mol. The van der Waals surface area contributed by atoms with Crippen LogP contribution in [0.3, 0.4) is 0 Å². The van der Waals surface area contributed by atoms with Gasteiger partial charge in [0.2, 0.25) is 0 Å². The Hall–Kier alpha value is -2.22. The third-order valence-electron chi connectivity index (χ3n) is 7.07. The van der Waals surface area contributed by atoms with Gasteiger partial charge in [-0.25, -0.2) is 4.31 Å². The summed E-state index contributed by atoms with van der Waals surface area (Å²) in [5.74, 6) is 1.18. The highest BCUT2D eigenvalue weighted by atomic mass is 32.2. The molecule has 3 aliphatic rings. The lowest BCUT2D eigenvalue weighted by Gasteiger charge is -2.45. The fourth-order valence-corrected chi connectivity index (χ4v) is 5.59. The first-order chi connectivity index (χ1) is 16.2. The van der Waals surface area contributed by atoms with Crippen molar-refractivity contribution in [2.75, 3.05) is 50.4 Å². The van der Waals surface area contributed by atoms with Crippen LogP contribution in [0.5, 0.6) is 5.75 Å². The third-order valence-corrected chi connectivity index (χ3v) is 7.95. The number of anilines is 1. The van der Waals surface area contributed by atoms with E-state index in [4.69, 9.17) is 4.74 Å². The maximum absolute atomic E-state index is 12.8. The number of carbonyl (C=O) groups excluding carboxylic acids is 1. The molecule has 1 spiro atoms. The van der Waals surface area contributed by atoms with E-state index >= 15 is 0 Å². The summed E-state index contributed by atoms with van der Waals surface area (Å²) < 4.78 is 9.03. The molecular formula is C27H40N4O2S. The predicted octanol–water partition coefficient (Wildman–Crippen LogP) is 5.27. The molecule has 5 rings (SSSR count). The molecule has 0 saturated carbocycles. The first-order valence-corrected chi connectivity index (χ1v) is 13.5. The molecule has 2 fully saturated rings. The number of amides is 1. The summed E-state index contributed by atoms with van der Waals surface area (Å²) in [7, 11) is 0. The zero-order chi connectivity index (χ0) is 23.3. The standard InChI is InChI=1S/C25H31N3O2S.C2H6.H3N/c1-31-28-17-15-26(16-18-28)22-7-8-23-21(19-22)9-10-25(30-23)11-13-27(14-12-25)24(29)20-5-3-2-4-6-20;1-2;/h2-8,19H,9-18H2,1H3;1-2H3;1H3. The maximum atomic E-state index is 12.8. The van der Waals surface area contributed by atoms with Crippen LogP contribution in [-0.4, -0.2) is 66.2 Å². The zero-order valence-electron chi connectivity index (χ0n) is 21.0. The number of piperazine rings is 1. The molecule has 34 heavy (non-hydrogen) atoms. The van der Waals surface area contributed by atoms with Crippen LogP contribution < -0.4 is 15.8 Å². The Morgan fingerprint density at radius 1 is 0.912 bits per heavy atom. The van der Waals surface area contributed by atoms with Gasteiger partial charge in [-0.1, -0.05) is 44.0 Å². The summed E-state index contributed by atoms with van der Waals surface area (Å²) in [5.41, 5.74) is 3.31. The Morgan fingerprint density at radius 3 is 2.24 bits per heavy atom. The fourth-order valence-electron chi connectivity index (χ4n) is 5.07. The van der Waals surface area contributed by atoms with Crippen molar-refractivity contribution < 1.29 is 9.53 Å². The largest absolute Gasteiger partial charge is 0.487 e. The summed E-state index contributed by atoms with van der Waals surface area (Å²) in [6.45, 7) is 9.90. The summed E-state index contributed by atoms with van der Waals surface area (Å²) >= 11 is 1.84. The van der Waals surface area contributed by atoms with Crippen molar-refractivity contribution >= 4 is 23.5 Å². The number of hydrogen-bond acceptors (Lipinski definition) is 6. The van der Waals surface area contributed by atoms with Gasteiger partial charge in [0, 0.05) is 63.4 Å². The molecule has 2 aromatic rings. The lowest BCUT2D eigenvalue weighted by molar-refractivity contribution is -0.0106. The summed E-state index contributed by atoms with van der Waals surface area (Å²) in [6.07, 6.45) is 6.06. The van der Waals surface area contributed by atoms with E-state index in [1.54, 1.807) is 0 Å². The highest BCUT2D eigenvalue weighted by Crippen LogP contribution is 2.41. The Labute approximate surface area is 209 Å². The average Bonchev–Trinajstić information content (AvgIpc) is 2.90. The van der Waals surface area contributed by atoms with Gasteiger partial charge in [0.15, 0.2) is 0 Å². The number of piperidine rings is 1. The number of aryl methyl sites for hydroxylation is 1. The first-order valence-electron chi connectivity index (χ1n) is 12.4. The molecule has 0 aromatic heterocycles. The van der Waals surface area contributed by atoms with E-state index in [0.717, 1.165) is 76.3 Å². The topological polar surface area (TPSA) is 71.0 Å². The van der Waals surface area contributed by atoms with E-state index in [1.165, 1.54) is 11.3 Å². The van der Waals surface area contributed by atoms with E-state index < -0.39 is 0 Å². The molecule has 0 unspecified atom stereocenters. The number of nitrogens with zero attached hydrogens (tertiary/aromatic N) is 3. The van der Waals surface area contributed by atoms with Crippen molar-refractivity contribution in [2.45, 2.75) is 45.1 Å². The molecule has 3 aliphatic heterocycles. The second-order valence-electron chi connectivity index (χ2n) is 8.83. The highest BCUT2D eigenvalue weighted by molar-refractivity contribution is 7.96. The number of hydrogen-bond donors (Lipinski definition) is 1. The molecule has 0 radical (unpaired) electrons. The van der Waals surface area contributed by atoms with Crippen molar-refractivity contribution in [1.82, 2.24) is 15.4 Å². The number of likely N-dealkylation sites (tertiary alicyclic amines) is 1. The summed E-state index contributed by atoms with van der Waals surface area (Å²) in [4.78, 5) is 17.2. The average molecular weight is 485 g/mol. The zero-order valence-corrected chi connectivity index (χ0v) is 21.8. The molecule has 0 atom stereocenters. The minimum Gasteiger partial charge on any atom is -0.487 e. The minimum absolute atomic E-state index is 0. The first kappa shape index (κ1) is 26.4. The van der Waals surface area contributed by atoms with Gasteiger partial charge in [0.1, 0.15) is 11.4 Å². The summed E-state index contributed by atoms with van der Waals surface area (Å²) in [5, 5.41) is 0. The van der Waals surface area contributed by atoms with Crippen LogP contribution >= 0.6 is 11.9 Å². The SMILES string of the molecule is CC.CSN1CCN(c2ccc3c(c2)CCC2(CCN(C(=O)c4ccccc4)CC2)O3)CC1.N. The second-order valence-corrected chi connectivity index (χ2v) is 9.72. The molecule has 7 heteroatoms. The van der Waals surface area contributed by atoms with E-state index in [9.17, 15) is 4.79 Å². The smallest absolute Gasteiger partial charge is 0.253 e. The van der Waals surface area contributed by atoms with Gasteiger partial charge in [-0.2, -0.15) is 0 Å². The molecule has 3 N–H and O–H groups in total. The van der Waals surface area contributed by atoms with Crippen molar-refractivity contribution in [2.24, 2.45) is 0 Å². The van der Waals surface area contributed by atoms with E-state index in [0.29, 0.717) is 0 Å². The lowest BCUT2D eigenvalue weighted by Crippen LogP contribution is -2.51. The van der Waals surface area contributed by atoms with Crippen LogP contribution in [0, 0.1) is 0 Å². The van der Waals surface area contributed by atoms with Crippen LogP contribution in [0.25, 0.3) is 0 Å². The van der Waals surface area contributed by atoms with Gasteiger partial charge in [0.05, 0.1) is 0 Å². The minimum atomic E-state index is -0.119. The van der Waals surface area contributed by atoms with Crippen molar-refractivity contribution in [1.29, 1.82) is 0 Å². The Morgan fingerprint density at radius 2 is 1.59 bits per heavy atom. The quantitative estimate of drug-likeness (QED) is 0.598. The molecule has 3 heterocycles. The molecule has 0 aliphatic carbocycles. The van der Waals surface area contributed by atoms with E-state index in [1.807, 2.05) is 61.0 Å². The normalized spacial score (nSPS) is 19.3. The van der Waals surface area contributed by atoms with E-state index in [-0.39, 0.29) is 17.7 Å². The van der Waals surface area contributed by atoms with Gasteiger partial charge in [-0.3, -0.25) is 4.79 Å². The van der Waals surface area contributed by atoms with Crippen LogP contribution in [0.15, 0.2) is 48.5 Å². The predicted molar refractivity (Wildman–Crippen MR) is 143 cm³/mol. The highest BCUT2D eigenvalue weighted by Gasteiger charge is 2.40. The molecule has 1 amide bonds. The van der Waals surface area contributed by atoms with Crippen LogP contribution in [0.1, 0.15) is 49.0 Å². The van der Waals surface area contributed by atoms with Gasteiger partial charge in [-0.15, -0.1) is 0 Å². The third kappa shape index (κ3) is 5.70. The Kier molecular flexibility index (Phi) is 9.28. The van der Waals surface area contributed by atoms with Gasteiger partial charge in [-0.05, 0) is 55.0 Å². The molecular weight excluding hydrogens is 444 g/mol. The van der Waals surface area contributed by atoms with E-state index in [2.05, 4.69) is 33.7 Å². The number of ether oxygens (including phenoxy) is 1. The van der Waals surface area contributed by atoms with Crippen LogP contribution in [-0.2, 0) is 6.42 Å².